The van der Waals surface area contributed by atoms with Gasteiger partial charge in [-0.15, -0.1) is 0 Å². The molecule has 1 N–H and O–H groups in total. The summed E-state index contributed by atoms with van der Waals surface area (Å²) in [5.41, 5.74) is 3.75. The molecule has 1 aromatic heterocycles. The van der Waals surface area contributed by atoms with E-state index in [2.05, 4.69) is 24.3 Å². The maximum Gasteiger partial charge on any atom is 0.0641 e. The molecule has 0 unspecified atom stereocenters. The molecule has 0 aromatic carbocycles. The molecule has 0 aliphatic heterocycles. The third-order valence-corrected chi connectivity index (χ3v) is 4.19. The van der Waals surface area contributed by atoms with E-state index in [0.717, 1.165) is 18.7 Å². The highest BCUT2D eigenvalue weighted by Crippen LogP contribution is 2.21. The molecule has 0 radical (unpaired) electrons. The number of nitrogens with zero attached hydrogens (tertiary/aromatic N) is 2. The molecule has 4 nitrogen and oxygen atoms in total. The Morgan fingerprint density at radius 3 is 2.78 bits per heavy atom. The molecule has 1 saturated carbocycles. The van der Waals surface area contributed by atoms with E-state index in [1.807, 2.05) is 18.8 Å². The monoisotopic (exact) mass is 251 g/mol. The fourth-order valence-corrected chi connectivity index (χ4v) is 2.86. The van der Waals surface area contributed by atoms with Crippen molar-refractivity contribution < 1.29 is 4.74 Å². The quantitative estimate of drug-likeness (QED) is 0.890. The van der Waals surface area contributed by atoms with Gasteiger partial charge in [0.2, 0.25) is 0 Å². The molecule has 1 aliphatic rings. The fourth-order valence-electron chi connectivity index (χ4n) is 2.86. The Bertz CT molecular complexity index is 400. The SMILES string of the molecule is CO[C@@H]1CCC[C@H](NCc2c(C)nn(C)c2C)C1. The summed E-state index contributed by atoms with van der Waals surface area (Å²) in [5, 5.41) is 8.12. The summed E-state index contributed by atoms with van der Waals surface area (Å²) in [6, 6.07) is 0.586. The average molecular weight is 251 g/mol. The number of nitrogens with one attached hydrogen (secondary N) is 1. The number of ether oxygens (including phenoxy) is 1. The summed E-state index contributed by atoms with van der Waals surface area (Å²) >= 11 is 0. The minimum atomic E-state index is 0.437. The summed E-state index contributed by atoms with van der Waals surface area (Å²) < 4.78 is 7.43. The lowest BCUT2D eigenvalue weighted by Gasteiger charge is -2.29. The number of rotatable bonds is 4. The van der Waals surface area contributed by atoms with E-state index in [4.69, 9.17) is 4.74 Å². The summed E-state index contributed by atoms with van der Waals surface area (Å²) in [6.07, 6.45) is 5.31. The van der Waals surface area contributed by atoms with Crippen molar-refractivity contribution in [2.75, 3.05) is 7.11 Å². The molecular formula is C14H25N3O. The van der Waals surface area contributed by atoms with Gasteiger partial charge in [-0.3, -0.25) is 4.68 Å². The van der Waals surface area contributed by atoms with Gasteiger partial charge in [-0.1, -0.05) is 0 Å². The van der Waals surface area contributed by atoms with Crippen LogP contribution in [-0.2, 0) is 18.3 Å². The standard InChI is InChI=1S/C14H25N3O/c1-10-14(11(2)17(3)16-10)9-15-12-6-5-7-13(8-12)18-4/h12-13,15H,5-9H2,1-4H3/t12-,13+/m0/s1. The van der Waals surface area contributed by atoms with Gasteiger partial charge < -0.3 is 10.1 Å². The lowest BCUT2D eigenvalue weighted by molar-refractivity contribution is 0.0586. The molecule has 1 fully saturated rings. The van der Waals surface area contributed by atoms with Crippen LogP contribution in [0.15, 0.2) is 0 Å². The number of methoxy groups -OCH3 is 1. The van der Waals surface area contributed by atoms with Crippen LogP contribution in [0.1, 0.15) is 42.6 Å². The van der Waals surface area contributed by atoms with Crippen molar-refractivity contribution in [2.24, 2.45) is 7.05 Å². The summed E-state index contributed by atoms with van der Waals surface area (Å²) in [6.45, 7) is 5.14. The Hall–Kier alpha value is -0.870. The van der Waals surface area contributed by atoms with Crippen LogP contribution in [-0.4, -0.2) is 29.0 Å². The van der Waals surface area contributed by atoms with Gasteiger partial charge in [0.15, 0.2) is 0 Å². The minimum Gasteiger partial charge on any atom is -0.381 e. The first-order chi connectivity index (χ1) is 8.61. The largest absolute Gasteiger partial charge is 0.381 e. The van der Waals surface area contributed by atoms with Gasteiger partial charge in [-0.2, -0.15) is 5.10 Å². The van der Waals surface area contributed by atoms with Crippen LogP contribution < -0.4 is 5.32 Å². The molecule has 102 valence electrons. The van der Waals surface area contributed by atoms with Gasteiger partial charge in [0.1, 0.15) is 0 Å². The fraction of sp³-hybridized carbons (Fsp3) is 0.786. The Balaban J connectivity index is 1.91. The smallest absolute Gasteiger partial charge is 0.0641 e. The van der Waals surface area contributed by atoms with E-state index < -0.39 is 0 Å². The van der Waals surface area contributed by atoms with Gasteiger partial charge >= 0.3 is 0 Å². The second-order valence-corrected chi connectivity index (χ2v) is 5.38. The molecule has 0 saturated heterocycles. The molecule has 2 atom stereocenters. The van der Waals surface area contributed by atoms with Crippen LogP contribution in [0.3, 0.4) is 0 Å². The average Bonchev–Trinajstić information content (AvgIpc) is 2.61. The molecule has 18 heavy (non-hydrogen) atoms. The third kappa shape index (κ3) is 2.93. The summed E-state index contributed by atoms with van der Waals surface area (Å²) in [7, 11) is 3.83. The van der Waals surface area contributed by atoms with Gasteiger partial charge in [-0.05, 0) is 39.5 Å². The van der Waals surface area contributed by atoms with Crippen molar-refractivity contribution in [3.05, 3.63) is 17.0 Å². The zero-order chi connectivity index (χ0) is 13.1. The Morgan fingerprint density at radius 2 is 2.17 bits per heavy atom. The van der Waals surface area contributed by atoms with Gasteiger partial charge in [-0.25, -0.2) is 0 Å². The number of hydrogen-bond acceptors (Lipinski definition) is 3. The van der Waals surface area contributed by atoms with E-state index >= 15 is 0 Å². The van der Waals surface area contributed by atoms with Crippen LogP contribution in [0.5, 0.6) is 0 Å². The minimum absolute atomic E-state index is 0.437. The van der Waals surface area contributed by atoms with Crippen molar-refractivity contribution >= 4 is 0 Å². The molecule has 4 heteroatoms. The first-order valence-electron chi connectivity index (χ1n) is 6.87. The van der Waals surface area contributed by atoms with E-state index in [-0.39, 0.29) is 0 Å². The second-order valence-electron chi connectivity index (χ2n) is 5.38. The molecule has 0 amide bonds. The molecule has 0 bridgehead atoms. The lowest BCUT2D eigenvalue weighted by Crippen LogP contribution is -2.36. The van der Waals surface area contributed by atoms with E-state index in [0.29, 0.717) is 12.1 Å². The van der Waals surface area contributed by atoms with Gasteiger partial charge in [0, 0.05) is 38.0 Å². The zero-order valence-corrected chi connectivity index (χ0v) is 12.0. The normalized spacial score (nSPS) is 24.4. The van der Waals surface area contributed by atoms with Crippen molar-refractivity contribution in [3.63, 3.8) is 0 Å². The van der Waals surface area contributed by atoms with E-state index in [1.54, 1.807) is 0 Å². The van der Waals surface area contributed by atoms with Crippen molar-refractivity contribution in [2.45, 2.75) is 58.2 Å². The van der Waals surface area contributed by atoms with Crippen LogP contribution in [0.2, 0.25) is 0 Å². The van der Waals surface area contributed by atoms with Gasteiger partial charge in [0.25, 0.3) is 0 Å². The molecule has 2 rings (SSSR count). The van der Waals surface area contributed by atoms with Crippen LogP contribution in [0, 0.1) is 13.8 Å². The first-order valence-corrected chi connectivity index (χ1v) is 6.87. The second kappa shape index (κ2) is 5.85. The maximum absolute atomic E-state index is 5.47. The lowest BCUT2D eigenvalue weighted by atomic mass is 9.92. The van der Waals surface area contributed by atoms with Crippen molar-refractivity contribution in [1.29, 1.82) is 0 Å². The van der Waals surface area contributed by atoms with Crippen LogP contribution >= 0.6 is 0 Å². The predicted molar refractivity (Wildman–Crippen MR) is 72.6 cm³/mol. The van der Waals surface area contributed by atoms with Crippen molar-refractivity contribution in [3.8, 4) is 0 Å². The Kier molecular flexibility index (Phi) is 4.40. The summed E-state index contributed by atoms with van der Waals surface area (Å²) in [5.74, 6) is 0. The highest BCUT2D eigenvalue weighted by Gasteiger charge is 2.21. The summed E-state index contributed by atoms with van der Waals surface area (Å²) in [4.78, 5) is 0. The zero-order valence-electron chi connectivity index (χ0n) is 12.0. The number of hydrogen-bond donors (Lipinski definition) is 1. The van der Waals surface area contributed by atoms with Crippen LogP contribution in [0.4, 0.5) is 0 Å². The van der Waals surface area contributed by atoms with Crippen molar-refractivity contribution in [1.82, 2.24) is 15.1 Å². The number of aryl methyl sites for hydroxylation is 2. The van der Waals surface area contributed by atoms with E-state index in [9.17, 15) is 0 Å². The van der Waals surface area contributed by atoms with Crippen LogP contribution in [0.25, 0.3) is 0 Å². The van der Waals surface area contributed by atoms with Gasteiger partial charge in [0.05, 0.1) is 11.8 Å². The predicted octanol–water partition coefficient (Wildman–Crippen LogP) is 2.08. The maximum atomic E-state index is 5.47. The molecule has 1 aromatic rings. The van der Waals surface area contributed by atoms with E-state index in [1.165, 1.54) is 30.5 Å². The first kappa shape index (κ1) is 13.6. The Labute approximate surface area is 110 Å². The molecular weight excluding hydrogens is 226 g/mol. The highest BCUT2D eigenvalue weighted by molar-refractivity contribution is 5.24. The molecule has 0 spiro atoms. The molecule has 1 heterocycles. The number of aromatic nitrogens is 2. The molecule has 1 aliphatic carbocycles. The Morgan fingerprint density at radius 1 is 1.39 bits per heavy atom. The highest BCUT2D eigenvalue weighted by atomic mass is 16.5. The topological polar surface area (TPSA) is 39.1 Å². The third-order valence-electron chi connectivity index (χ3n) is 4.19.